The van der Waals surface area contributed by atoms with Gasteiger partial charge >= 0.3 is 0 Å². The summed E-state index contributed by atoms with van der Waals surface area (Å²) < 4.78 is 30.9. The first kappa shape index (κ1) is 18.8. The molecule has 2 heterocycles. The number of aromatic nitrogens is 3. The van der Waals surface area contributed by atoms with E-state index in [0.29, 0.717) is 22.8 Å². The molecule has 1 aromatic heterocycles. The average Bonchev–Trinajstić information content (AvgIpc) is 2.97. The van der Waals surface area contributed by atoms with E-state index >= 15 is 0 Å². The Hall–Kier alpha value is -1.03. The van der Waals surface area contributed by atoms with Crippen molar-refractivity contribution in [3.05, 3.63) is 38.8 Å². The molecule has 0 unspecified atom stereocenters. The zero-order valence-electron chi connectivity index (χ0n) is 14.2. The van der Waals surface area contributed by atoms with Gasteiger partial charge in [0.15, 0.2) is 4.77 Å². The van der Waals surface area contributed by atoms with E-state index < -0.39 is 10.0 Å². The molecule has 136 valence electrons. The van der Waals surface area contributed by atoms with Crippen LogP contribution >= 0.6 is 28.1 Å². The Morgan fingerprint density at radius 2 is 2.04 bits per heavy atom. The molecule has 0 aliphatic carbocycles. The topological polar surface area (TPSA) is 71.0 Å². The van der Waals surface area contributed by atoms with Gasteiger partial charge < -0.3 is 4.57 Å². The summed E-state index contributed by atoms with van der Waals surface area (Å²) in [5.41, 5.74) is 0.761. The number of nitrogens with one attached hydrogen (secondary N) is 1. The SMILES string of the molecule is CCn1c(C2CCN(S(=O)(=O)c3cc(Br)ccc3C)CC2)n[nH]c1=S. The van der Waals surface area contributed by atoms with Gasteiger partial charge in [-0.05, 0) is 56.6 Å². The quantitative estimate of drug-likeness (QED) is 0.731. The molecule has 25 heavy (non-hydrogen) atoms. The lowest BCUT2D eigenvalue weighted by molar-refractivity contribution is 0.309. The number of halogens is 1. The number of nitrogens with zero attached hydrogens (tertiary/aromatic N) is 3. The first-order valence-corrected chi connectivity index (χ1v) is 10.9. The van der Waals surface area contributed by atoms with Crippen LogP contribution in [0.15, 0.2) is 27.6 Å². The second kappa shape index (κ2) is 7.30. The largest absolute Gasteiger partial charge is 0.304 e. The van der Waals surface area contributed by atoms with Crippen LogP contribution in [0.1, 0.15) is 37.1 Å². The van der Waals surface area contributed by atoms with Crippen molar-refractivity contribution in [2.75, 3.05) is 13.1 Å². The predicted octanol–water partition coefficient (Wildman–Crippen LogP) is 3.60. The maximum Gasteiger partial charge on any atom is 0.243 e. The van der Waals surface area contributed by atoms with Crippen LogP contribution < -0.4 is 0 Å². The monoisotopic (exact) mass is 444 g/mol. The summed E-state index contributed by atoms with van der Waals surface area (Å²) in [5, 5.41) is 7.20. The lowest BCUT2D eigenvalue weighted by Crippen LogP contribution is -2.38. The summed E-state index contributed by atoms with van der Waals surface area (Å²) >= 11 is 8.61. The van der Waals surface area contributed by atoms with E-state index in [1.165, 1.54) is 0 Å². The van der Waals surface area contributed by atoms with Gasteiger partial charge in [-0.15, -0.1) is 0 Å². The average molecular weight is 445 g/mol. The Kier molecular flexibility index (Phi) is 5.48. The van der Waals surface area contributed by atoms with E-state index in [-0.39, 0.29) is 5.92 Å². The third kappa shape index (κ3) is 3.60. The van der Waals surface area contributed by atoms with Gasteiger partial charge in [0.2, 0.25) is 10.0 Å². The van der Waals surface area contributed by atoms with Crippen LogP contribution in [-0.4, -0.2) is 40.6 Å². The number of benzene rings is 1. The highest BCUT2D eigenvalue weighted by Crippen LogP contribution is 2.31. The number of hydrogen-bond donors (Lipinski definition) is 1. The third-order valence-corrected chi connectivity index (χ3v) is 7.54. The fraction of sp³-hybridized carbons (Fsp3) is 0.500. The van der Waals surface area contributed by atoms with E-state index in [0.717, 1.165) is 35.2 Å². The molecule has 0 spiro atoms. The molecule has 1 fully saturated rings. The molecule has 0 saturated carbocycles. The minimum Gasteiger partial charge on any atom is -0.304 e. The van der Waals surface area contributed by atoms with Gasteiger partial charge in [-0.1, -0.05) is 22.0 Å². The minimum atomic E-state index is -3.48. The first-order valence-electron chi connectivity index (χ1n) is 8.26. The van der Waals surface area contributed by atoms with Gasteiger partial charge in [0.1, 0.15) is 5.82 Å². The van der Waals surface area contributed by atoms with Crippen LogP contribution in [0, 0.1) is 11.7 Å². The lowest BCUT2D eigenvalue weighted by atomic mass is 9.97. The normalized spacial score (nSPS) is 17.1. The number of hydrogen-bond acceptors (Lipinski definition) is 4. The summed E-state index contributed by atoms with van der Waals surface area (Å²) in [7, 11) is -3.48. The van der Waals surface area contributed by atoms with Gasteiger partial charge in [0, 0.05) is 30.0 Å². The van der Waals surface area contributed by atoms with Crippen molar-refractivity contribution >= 4 is 38.2 Å². The summed E-state index contributed by atoms with van der Waals surface area (Å²) in [6.45, 7) is 5.60. The van der Waals surface area contributed by atoms with Gasteiger partial charge in [-0.2, -0.15) is 9.40 Å². The highest BCUT2D eigenvalue weighted by Gasteiger charge is 2.32. The van der Waals surface area contributed by atoms with Crippen molar-refractivity contribution in [2.24, 2.45) is 0 Å². The zero-order chi connectivity index (χ0) is 18.2. The van der Waals surface area contributed by atoms with Crippen LogP contribution in [0.4, 0.5) is 0 Å². The number of rotatable bonds is 4. The van der Waals surface area contributed by atoms with Crippen LogP contribution in [0.25, 0.3) is 0 Å². The van der Waals surface area contributed by atoms with Gasteiger partial charge in [-0.25, -0.2) is 8.42 Å². The second-order valence-corrected chi connectivity index (χ2v) is 9.43. The predicted molar refractivity (Wildman–Crippen MR) is 103 cm³/mol. The molecule has 0 radical (unpaired) electrons. The van der Waals surface area contributed by atoms with Crippen LogP contribution in [0.2, 0.25) is 0 Å². The van der Waals surface area contributed by atoms with Crippen molar-refractivity contribution in [1.82, 2.24) is 19.1 Å². The Morgan fingerprint density at radius 3 is 2.68 bits per heavy atom. The van der Waals surface area contributed by atoms with E-state index in [9.17, 15) is 8.42 Å². The van der Waals surface area contributed by atoms with E-state index in [2.05, 4.69) is 26.1 Å². The minimum absolute atomic E-state index is 0.225. The number of piperidine rings is 1. The fourth-order valence-corrected chi connectivity index (χ4v) is 5.79. The highest BCUT2D eigenvalue weighted by molar-refractivity contribution is 9.10. The van der Waals surface area contributed by atoms with Crippen molar-refractivity contribution < 1.29 is 8.42 Å². The third-order valence-electron chi connectivity index (χ3n) is 4.69. The molecule has 0 amide bonds. The Bertz CT molecular complexity index is 928. The Balaban J connectivity index is 1.80. The molecule has 3 rings (SSSR count). The second-order valence-electron chi connectivity index (χ2n) is 6.22. The molecule has 6 nitrogen and oxygen atoms in total. The maximum absolute atomic E-state index is 13.0. The molecular formula is C16H21BrN4O2S2. The van der Waals surface area contributed by atoms with Gasteiger partial charge in [0.25, 0.3) is 0 Å². The van der Waals surface area contributed by atoms with Crippen LogP contribution in [0.3, 0.4) is 0 Å². The van der Waals surface area contributed by atoms with Crippen molar-refractivity contribution in [1.29, 1.82) is 0 Å². The molecule has 0 bridgehead atoms. The summed E-state index contributed by atoms with van der Waals surface area (Å²) in [6, 6.07) is 5.36. The summed E-state index contributed by atoms with van der Waals surface area (Å²) in [4.78, 5) is 0.372. The van der Waals surface area contributed by atoms with Gasteiger partial charge in [-0.3, -0.25) is 5.10 Å². The van der Waals surface area contributed by atoms with E-state index in [4.69, 9.17) is 12.2 Å². The maximum atomic E-state index is 13.0. The first-order chi connectivity index (χ1) is 11.8. The fourth-order valence-electron chi connectivity index (χ4n) is 3.29. The van der Waals surface area contributed by atoms with Crippen LogP contribution in [-0.2, 0) is 16.6 Å². The molecule has 1 saturated heterocycles. The molecular weight excluding hydrogens is 424 g/mol. The Morgan fingerprint density at radius 1 is 1.36 bits per heavy atom. The van der Waals surface area contributed by atoms with E-state index in [1.807, 2.05) is 30.5 Å². The van der Waals surface area contributed by atoms with Crippen LogP contribution in [0.5, 0.6) is 0 Å². The molecule has 1 aliphatic rings. The number of H-pyrrole nitrogens is 1. The van der Waals surface area contributed by atoms with E-state index in [1.54, 1.807) is 10.4 Å². The van der Waals surface area contributed by atoms with Gasteiger partial charge in [0.05, 0.1) is 4.90 Å². The molecule has 2 aromatic rings. The number of aryl methyl sites for hydroxylation is 1. The molecule has 1 aromatic carbocycles. The summed E-state index contributed by atoms with van der Waals surface area (Å²) in [5.74, 6) is 1.16. The number of sulfonamides is 1. The van der Waals surface area contributed by atoms with Crippen molar-refractivity contribution in [3.63, 3.8) is 0 Å². The highest BCUT2D eigenvalue weighted by atomic mass is 79.9. The molecule has 1 N–H and O–H groups in total. The lowest BCUT2D eigenvalue weighted by Gasteiger charge is -2.31. The molecule has 1 aliphatic heterocycles. The van der Waals surface area contributed by atoms with Crippen molar-refractivity contribution in [2.45, 2.75) is 44.0 Å². The Labute approximate surface area is 161 Å². The van der Waals surface area contributed by atoms with Crippen molar-refractivity contribution in [3.8, 4) is 0 Å². The standard InChI is InChI=1S/C16H21BrN4O2S2/c1-3-21-15(18-19-16(21)24)12-6-8-20(9-7-12)25(22,23)14-10-13(17)5-4-11(14)2/h4-5,10,12H,3,6-9H2,1-2H3,(H,19,24). The number of aromatic amines is 1. The smallest absolute Gasteiger partial charge is 0.243 e. The summed E-state index contributed by atoms with van der Waals surface area (Å²) in [6.07, 6.45) is 1.48. The molecule has 0 atom stereocenters. The molecule has 9 heteroatoms. The zero-order valence-corrected chi connectivity index (χ0v) is 17.4.